The molecule has 0 saturated heterocycles. The molecule has 18 heavy (non-hydrogen) atoms. The molecule has 0 amide bonds. The average Bonchev–Trinajstić information content (AvgIpc) is 2.85. The number of aromatic nitrogens is 3. The lowest BCUT2D eigenvalue weighted by Crippen LogP contribution is -2.20. The van der Waals surface area contributed by atoms with Gasteiger partial charge in [0.25, 0.3) is 0 Å². The number of nitrogens with one attached hydrogen (secondary N) is 1. The van der Waals surface area contributed by atoms with Crippen LogP contribution in [0, 0.1) is 0 Å². The molecule has 1 atom stereocenters. The first kappa shape index (κ1) is 13.1. The van der Waals surface area contributed by atoms with Crippen LogP contribution in [0.5, 0.6) is 0 Å². The van der Waals surface area contributed by atoms with Crippen molar-refractivity contribution in [1.29, 1.82) is 0 Å². The van der Waals surface area contributed by atoms with E-state index < -0.39 is 0 Å². The quantitative estimate of drug-likeness (QED) is 0.902. The van der Waals surface area contributed by atoms with Crippen LogP contribution in [0.3, 0.4) is 0 Å². The highest BCUT2D eigenvalue weighted by molar-refractivity contribution is 6.31. The molecule has 0 radical (unpaired) electrons. The largest absolute Gasteiger partial charge is 0.311 e. The molecule has 2 aromatic rings. The van der Waals surface area contributed by atoms with E-state index in [9.17, 15) is 0 Å². The van der Waals surface area contributed by atoms with Gasteiger partial charge in [-0.05, 0) is 38.1 Å². The summed E-state index contributed by atoms with van der Waals surface area (Å²) in [6.07, 6.45) is 6.54. The van der Waals surface area contributed by atoms with Crippen molar-refractivity contribution in [3.8, 4) is 0 Å². The molecule has 2 rings (SSSR count). The minimum atomic E-state index is 0.105. The highest BCUT2D eigenvalue weighted by Gasteiger charge is 2.15. The maximum Gasteiger partial charge on any atom is 0.0762 e. The predicted octanol–water partition coefficient (Wildman–Crippen LogP) is 2.45. The molecule has 0 saturated carbocycles. The van der Waals surface area contributed by atoms with Crippen molar-refractivity contribution in [3.63, 3.8) is 0 Å². The summed E-state index contributed by atoms with van der Waals surface area (Å²) in [4.78, 5) is 4.35. The summed E-state index contributed by atoms with van der Waals surface area (Å²) in [7, 11) is 1.92. The molecular formula is C13H17ClN4. The van der Waals surface area contributed by atoms with E-state index in [1.54, 1.807) is 6.20 Å². The lowest BCUT2D eigenvalue weighted by molar-refractivity contribution is 0.575. The van der Waals surface area contributed by atoms with E-state index in [2.05, 4.69) is 28.5 Å². The summed E-state index contributed by atoms with van der Waals surface area (Å²) in [5, 5.41) is 8.22. The van der Waals surface area contributed by atoms with Crippen LogP contribution in [0.2, 0.25) is 5.02 Å². The molecule has 1 unspecified atom stereocenters. The van der Waals surface area contributed by atoms with Gasteiger partial charge in [-0.3, -0.25) is 9.67 Å². The van der Waals surface area contributed by atoms with Gasteiger partial charge in [-0.2, -0.15) is 5.10 Å². The van der Waals surface area contributed by atoms with Crippen molar-refractivity contribution in [2.45, 2.75) is 25.9 Å². The fraction of sp³-hybridized carbons (Fsp3) is 0.385. The lowest BCUT2D eigenvalue weighted by atomic mass is 10.1. The molecule has 2 aromatic heterocycles. The Bertz CT molecular complexity index is 509. The molecule has 0 bridgehead atoms. The Balaban J connectivity index is 2.17. The van der Waals surface area contributed by atoms with Gasteiger partial charge >= 0.3 is 0 Å². The Morgan fingerprint density at radius 3 is 2.94 bits per heavy atom. The van der Waals surface area contributed by atoms with Gasteiger partial charge in [0.15, 0.2) is 0 Å². The van der Waals surface area contributed by atoms with E-state index in [0.29, 0.717) is 5.02 Å². The van der Waals surface area contributed by atoms with Crippen molar-refractivity contribution < 1.29 is 0 Å². The third-order valence-corrected chi connectivity index (χ3v) is 3.24. The highest BCUT2D eigenvalue weighted by atomic mass is 35.5. The van der Waals surface area contributed by atoms with Gasteiger partial charge in [0.05, 0.1) is 23.0 Å². The molecular weight excluding hydrogens is 248 g/mol. The molecule has 5 heteroatoms. The highest BCUT2D eigenvalue weighted by Crippen LogP contribution is 2.22. The lowest BCUT2D eigenvalue weighted by Gasteiger charge is -2.15. The van der Waals surface area contributed by atoms with Crippen LogP contribution >= 0.6 is 11.6 Å². The average molecular weight is 265 g/mol. The van der Waals surface area contributed by atoms with Crippen LogP contribution in [0.15, 0.2) is 30.7 Å². The van der Waals surface area contributed by atoms with E-state index in [4.69, 9.17) is 11.6 Å². The van der Waals surface area contributed by atoms with Crippen LogP contribution in [0.4, 0.5) is 0 Å². The first-order valence-corrected chi connectivity index (χ1v) is 6.41. The second kappa shape index (κ2) is 5.98. The number of aryl methyl sites for hydroxylation is 1. The molecule has 0 aliphatic carbocycles. The number of rotatable bonds is 5. The molecule has 0 spiro atoms. The fourth-order valence-electron chi connectivity index (χ4n) is 1.91. The molecule has 0 aromatic carbocycles. The first-order chi connectivity index (χ1) is 8.74. The van der Waals surface area contributed by atoms with E-state index in [-0.39, 0.29) is 6.04 Å². The van der Waals surface area contributed by atoms with Gasteiger partial charge in [0.1, 0.15) is 0 Å². The molecule has 0 aliphatic rings. The van der Waals surface area contributed by atoms with Gasteiger partial charge in [-0.25, -0.2) is 0 Å². The van der Waals surface area contributed by atoms with Crippen molar-refractivity contribution in [1.82, 2.24) is 20.1 Å². The summed E-state index contributed by atoms with van der Waals surface area (Å²) in [6.45, 7) is 2.95. The Morgan fingerprint density at radius 1 is 1.50 bits per heavy atom. The van der Waals surface area contributed by atoms with Crippen LogP contribution < -0.4 is 5.32 Å². The maximum atomic E-state index is 6.17. The van der Waals surface area contributed by atoms with E-state index in [1.807, 2.05) is 30.1 Å². The van der Waals surface area contributed by atoms with Gasteiger partial charge < -0.3 is 5.32 Å². The molecule has 96 valence electrons. The summed E-state index contributed by atoms with van der Waals surface area (Å²) >= 11 is 6.17. The minimum absolute atomic E-state index is 0.105. The van der Waals surface area contributed by atoms with Crippen LogP contribution in [-0.4, -0.2) is 21.8 Å². The number of hydrogen-bond donors (Lipinski definition) is 1. The monoisotopic (exact) mass is 264 g/mol. The standard InChI is InChI=1S/C13H17ClN4/c1-3-18-9-10(8-17-18)7-12(15-2)13-11(14)5-4-6-16-13/h4-6,8-9,12,15H,3,7H2,1-2H3. The molecule has 2 heterocycles. The van der Waals surface area contributed by atoms with Gasteiger partial charge in [-0.15, -0.1) is 0 Å². The second-order valence-electron chi connectivity index (χ2n) is 4.12. The van der Waals surface area contributed by atoms with Gasteiger partial charge in [0.2, 0.25) is 0 Å². The molecule has 0 fully saturated rings. The van der Waals surface area contributed by atoms with Crippen molar-refractivity contribution in [3.05, 3.63) is 47.0 Å². The smallest absolute Gasteiger partial charge is 0.0762 e. The molecule has 1 N–H and O–H groups in total. The summed E-state index contributed by atoms with van der Waals surface area (Å²) < 4.78 is 1.92. The normalized spacial score (nSPS) is 12.6. The SMILES string of the molecule is CCn1cc(CC(NC)c2ncccc2Cl)cn1. The number of nitrogens with zero attached hydrogens (tertiary/aromatic N) is 3. The minimum Gasteiger partial charge on any atom is -0.311 e. The van der Waals surface area contributed by atoms with E-state index in [0.717, 1.165) is 18.7 Å². The maximum absolute atomic E-state index is 6.17. The Hall–Kier alpha value is -1.39. The molecule has 0 aliphatic heterocycles. The number of likely N-dealkylation sites (N-methyl/N-ethyl adjacent to an activating group) is 1. The first-order valence-electron chi connectivity index (χ1n) is 6.03. The summed E-state index contributed by atoms with van der Waals surface area (Å²) in [5.41, 5.74) is 2.06. The third-order valence-electron chi connectivity index (χ3n) is 2.92. The predicted molar refractivity (Wildman–Crippen MR) is 72.7 cm³/mol. The molecule has 4 nitrogen and oxygen atoms in total. The summed E-state index contributed by atoms with van der Waals surface area (Å²) in [6, 6.07) is 3.81. The van der Waals surface area contributed by atoms with E-state index >= 15 is 0 Å². The third kappa shape index (κ3) is 2.89. The van der Waals surface area contributed by atoms with Crippen molar-refractivity contribution >= 4 is 11.6 Å². The fourth-order valence-corrected chi connectivity index (χ4v) is 2.16. The van der Waals surface area contributed by atoms with Crippen LogP contribution in [-0.2, 0) is 13.0 Å². The Labute approximate surface area is 112 Å². The van der Waals surface area contributed by atoms with Gasteiger partial charge in [0, 0.05) is 18.9 Å². The zero-order chi connectivity index (χ0) is 13.0. The Kier molecular flexibility index (Phi) is 4.33. The Morgan fingerprint density at radius 2 is 2.33 bits per heavy atom. The van der Waals surface area contributed by atoms with Crippen molar-refractivity contribution in [2.24, 2.45) is 0 Å². The van der Waals surface area contributed by atoms with Crippen LogP contribution in [0.1, 0.15) is 24.2 Å². The number of halogens is 1. The second-order valence-corrected chi connectivity index (χ2v) is 4.53. The van der Waals surface area contributed by atoms with E-state index in [1.165, 1.54) is 5.56 Å². The summed E-state index contributed by atoms with van der Waals surface area (Å²) in [5.74, 6) is 0. The zero-order valence-corrected chi connectivity index (χ0v) is 11.4. The van der Waals surface area contributed by atoms with Gasteiger partial charge in [-0.1, -0.05) is 11.6 Å². The zero-order valence-electron chi connectivity index (χ0n) is 10.6. The number of pyridine rings is 1. The number of hydrogen-bond acceptors (Lipinski definition) is 3. The van der Waals surface area contributed by atoms with Crippen LogP contribution in [0.25, 0.3) is 0 Å². The topological polar surface area (TPSA) is 42.7 Å². The van der Waals surface area contributed by atoms with Crippen molar-refractivity contribution in [2.75, 3.05) is 7.05 Å².